The first-order valence-electron chi connectivity index (χ1n) is 16.4. The summed E-state index contributed by atoms with van der Waals surface area (Å²) in [6.45, 7) is 8.44. The van der Waals surface area contributed by atoms with E-state index in [9.17, 15) is 18.3 Å². The van der Waals surface area contributed by atoms with Crippen LogP contribution in [-0.2, 0) is 10.0 Å². The SMILES string of the molecule is Cc1cccc(C)c1-c1cc2nc(n1)NS(=O)(=O)c1cccc(c1)C(=O)N(C1CC(NC3CCC(O)CC3)C1)[C@H](CC(C)C)CO2. The van der Waals surface area contributed by atoms with Crippen molar-refractivity contribution in [1.82, 2.24) is 20.2 Å². The van der Waals surface area contributed by atoms with Crippen molar-refractivity contribution in [1.29, 1.82) is 0 Å². The van der Waals surface area contributed by atoms with Crippen LogP contribution >= 0.6 is 0 Å². The van der Waals surface area contributed by atoms with Crippen LogP contribution in [0.15, 0.2) is 53.4 Å². The number of aliphatic hydroxyl groups is 1. The van der Waals surface area contributed by atoms with E-state index in [1.807, 2.05) is 36.9 Å². The Labute approximate surface area is 272 Å². The number of amides is 1. The van der Waals surface area contributed by atoms with E-state index in [0.29, 0.717) is 23.7 Å². The zero-order chi connectivity index (χ0) is 32.6. The molecular formula is C35H45N5O5S. The summed E-state index contributed by atoms with van der Waals surface area (Å²) in [6.07, 6.45) is 5.64. The number of rotatable bonds is 6. The van der Waals surface area contributed by atoms with Gasteiger partial charge in [-0.05, 0) is 94.0 Å². The number of hydrogen-bond acceptors (Lipinski definition) is 8. The van der Waals surface area contributed by atoms with Gasteiger partial charge in [0.1, 0.15) is 6.61 Å². The van der Waals surface area contributed by atoms with Gasteiger partial charge in [-0.15, -0.1) is 0 Å². The minimum Gasteiger partial charge on any atom is -0.475 e. The predicted molar refractivity (Wildman–Crippen MR) is 177 cm³/mol. The molecule has 11 heteroatoms. The predicted octanol–water partition coefficient (Wildman–Crippen LogP) is 5.23. The van der Waals surface area contributed by atoms with E-state index in [2.05, 4.69) is 33.9 Å². The van der Waals surface area contributed by atoms with Gasteiger partial charge in [0.15, 0.2) is 0 Å². The lowest BCUT2D eigenvalue weighted by Crippen LogP contribution is -2.60. The molecular weight excluding hydrogens is 602 g/mol. The molecule has 46 heavy (non-hydrogen) atoms. The van der Waals surface area contributed by atoms with Gasteiger partial charge in [-0.2, -0.15) is 4.98 Å². The molecule has 246 valence electrons. The second kappa shape index (κ2) is 13.3. The van der Waals surface area contributed by atoms with Crippen LogP contribution in [0.1, 0.15) is 80.3 Å². The summed E-state index contributed by atoms with van der Waals surface area (Å²) in [4.78, 5) is 25.4. The molecule has 1 atom stereocenters. The quantitative estimate of drug-likeness (QED) is 0.331. The van der Waals surface area contributed by atoms with Gasteiger partial charge in [0.2, 0.25) is 11.8 Å². The molecule has 2 saturated carbocycles. The van der Waals surface area contributed by atoms with E-state index in [-0.39, 0.29) is 59.4 Å². The van der Waals surface area contributed by atoms with Crippen LogP contribution < -0.4 is 14.8 Å². The van der Waals surface area contributed by atoms with Crippen LogP contribution in [0.2, 0.25) is 0 Å². The van der Waals surface area contributed by atoms with Crippen LogP contribution in [0.25, 0.3) is 11.3 Å². The van der Waals surface area contributed by atoms with Crippen molar-refractivity contribution < 1.29 is 23.1 Å². The number of hydrogen-bond donors (Lipinski definition) is 3. The zero-order valence-electron chi connectivity index (χ0n) is 27.1. The van der Waals surface area contributed by atoms with E-state index in [1.54, 1.807) is 18.2 Å². The molecule has 2 fully saturated rings. The fourth-order valence-corrected chi connectivity index (χ4v) is 8.15. The van der Waals surface area contributed by atoms with Gasteiger partial charge in [0.25, 0.3) is 15.9 Å². The van der Waals surface area contributed by atoms with Crippen LogP contribution in [0.3, 0.4) is 0 Å². The summed E-state index contributed by atoms with van der Waals surface area (Å²) in [7, 11) is -4.12. The number of fused-ring (bicyclic) bond motifs is 4. The van der Waals surface area contributed by atoms with E-state index in [4.69, 9.17) is 4.74 Å². The molecule has 0 unspecified atom stereocenters. The average Bonchev–Trinajstić information content (AvgIpc) is 2.98. The van der Waals surface area contributed by atoms with E-state index in [0.717, 1.165) is 55.2 Å². The van der Waals surface area contributed by atoms with Crippen molar-refractivity contribution in [3.05, 3.63) is 65.2 Å². The Morgan fingerprint density at radius 3 is 2.39 bits per heavy atom. The maximum atomic E-state index is 14.4. The lowest BCUT2D eigenvalue weighted by molar-refractivity contribution is 0.0181. The summed E-state index contributed by atoms with van der Waals surface area (Å²) in [5.74, 6) is 0.224. The lowest BCUT2D eigenvalue weighted by atomic mass is 9.81. The molecule has 3 aliphatic rings. The number of nitrogens with zero attached hydrogens (tertiary/aromatic N) is 3. The van der Waals surface area contributed by atoms with Crippen LogP contribution in [0.5, 0.6) is 5.88 Å². The first-order valence-corrected chi connectivity index (χ1v) is 17.9. The molecule has 0 spiro atoms. The number of sulfonamides is 1. The maximum Gasteiger partial charge on any atom is 0.264 e. The summed E-state index contributed by atoms with van der Waals surface area (Å²) >= 11 is 0. The second-order valence-corrected chi connectivity index (χ2v) is 15.3. The molecule has 4 bridgehead atoms. The summed E-state index contributed by atoms with van der Waals surface area (Å²) < 4.78 is 36.2. The van der Waals surface area contributed by atoms with Crippen molar-refractivity contribution in [2.75, 3.05) is 11.3 Å². The van der Waals surface area contributed by atoms with Crippen molar-refractivity contribution >= 4 is 21.9 Å². The van der Waals surface area contributed by atoms with Crippen molar-refractivity contribution in [3.63, 3.8) is 0 Å². The normalized spacial score (nSPS) is 26.2. The number of aliphatic hydroxyl groups excluding tert-OH is 1. The van der Waals surface area contributed by atoms with Crippen LogP contribution in [0.4, 0.5) is 5.95 Å². The maximum absolute atomic E-state index is 14.4. The Bertz CT molecular complexity index is 1660. The summed E-state index contributed by atoms with van der Waals surface area (Å²) in [6, 6.07) is 14.3. The molecule has 1 amide bonds. The Balaban J connectivity index is 1.37. The Kier molecular flexibility index (Phi) is 9.36. The molecule has 3 N–H and O–H groups in total. The number of aryl methyl sites for hydroxylation is 2. The zero-order valence-corrected chi connectivity index (χ0v) is 27.9. The highest BCUT2D eigenvalue weighted by Gasteiger charge is 2.41. The average molecular weight is 648 g/mol. The van der Waals surface area contributed by atoms with E-state index in [1.165, 1.54) is 12.1 Å². The van der Waals surface area contributed by atoms with Crippen LogP contribution in [0, 0.1) is 19.8 Å². The highest BCUT2D eigenvalue weighted by Crippen LogP contribution is 2.34. The van der Waals surface area contributed by atoms with Gasteiger partial charge in [-0.25, -0.2) is 18.1 Å². The minimum atomic E-state index is -4.12. The minimum absolute atomic E-state index is 0.0267. The highest BCUT2D eigenvalue weighted by molar-refractivity contribution is 7.92. The molecule has 1 aliphatic heterocycles. The Morgan fingerprint density at radius 2 is 1.70 bits per heavy atom. The number of anilines is 1. The third-order valence-electron chi connectivity index (χ3n) is 9.53. The van der Waals surface area contributed by atoms with Gasteiger partial charge >= 0.3 is 0 Å². The molecule has 0 saturated heterocycles. The molecule has 1 aromatic heterocycles. The first-order chi connectivity index (χ1) is 22.0. The van der Waals surface area contributed by atoms with E-state index >= 15 is 0 Å². The molecule has 2 heterocycles. The summed E-state index contributed by atoms with van der Waals surface area (Å²) in [5, 5.41) is 13.7. The largest absolute Gasteiger partial charge is 0.475 e. The van der Waals surface area contributed by atoms with Crippen molar-refractivity contribution in [2.45, 2.75) is 108 Å². The fraction of sp³-hybridized carbons (Fsp3) is 0.514. The van der Waals surface area contributed by atoms with Crippen LogP contribution in [-0.4, -0.2) is 71.2 Å². The third kappa shape index (κ3) is 7.06. The Morgan fingerprint density at radius 1 is 1.00 bits per heavy atom. The number of carbonyl (C=O) groups excluding carboxylic acids is 1. The second-order valence-electron chi connectivity index (χ2n) is 13.6. The highest BCUT2D eigenvalue weighted by atomic mass is 32.2. The third-order valence-corrected chi connectivity index (χ3v) is 10.9. The molecule has 3 aromatic rings. The number of nitrogens with one attached hydrogen (secondary N) is 2. The summed E-state index contributed by atoms with van der Waals surface area (Å²) in [5.41, 5.74) is 3.75. The van der Waals surface area contributed by atoms with Gasteiger partial charge < -0.3 is 20.1 Å². The Hall–Kier alpha value is -3.54. The van der Waals surface area contributed by atoms with Gasteiger partial charge in [-0.3, -0.25) is 4.79 Å². The van der Waals surface area contributed by atoms with Crippen molar-refractivity contribution in [3.8, 4) is 17.1 Å². The molecule has 2 aromatic carbocycles. The standard InChI is InChI=1S/C35H45N5O5S/c1-21(2)15-28-20-45-32-19-31(33-22(3)7-5-8-23(33)4)37-35(38-32)39-46(43,44)30-10-6-9-24(16-30)34(42)40(28)27-17-26(18-27)36-25-11-13-29(41)14-12-25/h5-10,16,19,21,25-29,36,41H,11-15,17-18,20H2,1-4H3,(H,37,38,39)/t25?,26?,27?,28-,29?/m1/s1. The van der Waals surface area contributed by atoms with Crippen molar-refractivity contribution in [2.24, 2.45) is 5.92 Å². The van der Waals surface area contributed by atoms with E-state index < -0.39 is 10.0 Å². The topological polar surface area (TPSA) is 134 Å². The molecule has 2 aliphatic carbocycles. The number of benzene rings is 2. The lowest BCUT2D eigenvalue weighted by Gasteiger charge is -2.48. The smallest absolute Gasteiger partial charge is 0.264 e. The molecule has 6 rings (SSSR count). The van der Waals surface area contributed by atoms with Gasteiger partial charge in [0.05, 0.1) is 22.7 Å². The van der Waals surface area contributed by atoms with Gasteiger partial charge in [0, 0.05) is 35.3 Å². The number of aromatic nitrogens is 2. The first kappa shape index (κ1) is 32.4. The number of carbonyl (C=O) groups is 1. The fourth-order valence-electron chi connectivity index (χ4n) is 7.16. The molecule has 0 radical (unpaired) electrons. The monoisotopic (exact) mass is 647 g/mol. The molecule has 10 nitrogen and oxygen atoms in total. The number of ether oxygens (including phenoxy) is 1. The van der Waals surface area contributed by atoms with Gasteiger partial charge in [-0.1, -0.05) is 38.1 Å².